The molecule has 2 rings (SSSR count). The summed E-state index contributed by atoms with van der Waals surface area (Å²) in [5.41, 5.74) is 1.32. The molecule has 0 radical (unpaired) electrons. The Bertz CT molecular complexity index is 464. The predicted molar refractivity (Wildman–Crippen MR) is 71.8 cm³/mol. The van der Waals surface area contributed by atoms with Crippen LogP contribution in [0.15, 0.2) is 42.5 Å². The van der Waals surface area contributed by atoms with E-state index >= 15 is 0 Å². The Balaban J connectivity index is 2.48. The number of halogens is 2. The molecule has 4 heteroatoms. The lowest BCUT2D eigenvalue weighted by atomic mass is 9.95. The van der Waals surface area contributed by atoms with Crippen LogP contribution in [0.1, 0.15) is 5.56 Å². The summed E-state index contributed by atoms with van der Waals surface area (Å²) in [6.45, 7) is 0. The fraction of sp³-hybridized carbons (Fsp3) is 0.167. The molecular weight excluding hydrogens is 336 g/mol. The SMILES string of the molecule is Oc1ccccc1C1=CC(Br)(Br)C=CC1O. The van der Waals surface area contributed by atoms with Gasteiger partial charge in [-0.2, -0.15) is 0 Å². The topological polar surface area (TPSA) is 40.5 Å². The van der Waals surface area contributed by atoms with Crippen molar-refractivity contribution in [1.82, 2.24) is 0 Å². The van der Waals surface area contributed by atoms with Crippen molar-refractivity contribution in [2.45, 2.75) is 9.34 Å². The third-order valence-corrected chi connectivity index (χ3v) is 3.37. The molecule has 0 fully saturated rings. The van der Waals surface area contributed by atoms with Gasteiger partial charge in [0.15, 0.2) is 0 Å². The lowest BCUT2D eigenvalue weighted by Crippen LogP contribution is -2.17. The van der Waals surface area contributed by atoms with Gasteiger partial charge in [-0.15, -0.1) is 0 Å². The van der Waals surface area contributed by atoms with Gasteiger partial charge < -0.3 is 10.2 Å². The van der Waals surface area contributed by atoms with Crippen molar-refractivity contribution in [3.05, 3.63) is 48.1 Å². The number of hydrogen-bond acceptors (Lipinski definition) is 2. The summed E-state index contributed by atoms with van der Waals surface area (Å²) in [5.74, 6) is 0.166. The molecule has 0 amide bonds. The monoisotopic (exact) mass is 344 g/mol. The van der Waals surface area contributed by atoms with Crippen molar-refractivity contribution < 1.29 is 10.2 Å². The third-order valence-electron chi connectivity index (χ3n) is 2.38. The molecule has 2 N–H and O–H groups in total. The average Bonchev–Trinajstić information content (AvgIpc) is 2.23. The van der Waals surface area contributed by atoms with Gasteiger partial charge in [-0.3, -0.25) is 0 Å². The Morgan fingerprint density at radius 1 is 1.19 bits per heavy atom. The highest BCUT2D eigenvalue weighted by Gasteiger charge is 2.26. The molecule has 1 atom stereocenters. The number of aliphatic hydroxyl groups is 1. The van der Waals surface area contributed by atoms with Crippen LogP contribution in [0.2, 0.25) is 0 Å². The minimum Gasteiger partial charge on any atom is -0.507 e. The second-order valence-corrected chi connectivity index (χ2v) is 7.28. The lowest BCUT2D eigenvalue weighted by Gasteiger charge is -2.23. The van der Waals surface area contributed by atoms with Gasteiger partial charge in [0.1, 0.15) is 8.98 Å². The normalized spacial score (nSPS) is 22.9. The van der Waals surface area contributed by atoms with Crippen molar-refractivity contribution in [2.24, 2.45) is 0 Å². The Morgan fingerprint density at radius 3 is 2.56 bits per heavy atom. The molecule has 0 saturated carbocycles. The van der Waals surface area contributed by atoms with Gasteiger partial charge in [0.25, 0.3) is 0 Å². The Labute approximate surface area is 111 Å². The van der Waals surface area contributed by atoms with E-state index in [9.17, 15) is 10.2 Å². The fourth-order valence-corrected chi connectivity index (χ4v) is 2.42. The summed E-state index contributed by atoms with van der Waals surface area (Å²) in [4.78, 5) is 0. The van der Waals surface area contributed by atoms with Crippen LogP contribution < -0.4 is 0 Å². The van der Waals surface area contributed by atoms with Gasteiger partial charge in [-0.05, 0) is 17.7 Å². The van der Waals surface area contributed by atoms with Crippen LogP contribution in [-0.4, -0.2) is 19.6 Å². The molecule has 0 aliphatic heterocycles. The fourth-order valence-electron chi connectivity index (χ4n) is 1.62. The highest BCUT2D eigenvalue weighted by molar-refractivity contribution is 9.25. The zero-order valence-electron chi connectivity index (χ0n) is 8.27. The second-order valence-electron chi connectivity index (χ2n) is 3.60. The van der Waals surface area contributed by atoms with E-state index in [-0.39, 0.29) is 5.75 Å². The first-order valence-corrected chi connectivity index (χ1v) is 6.34. The van der Waals surface area contributed by atoms with E-state index in [1.165, 1.54) is 0 Å². The number of benzene rings is 1. The Hall–Kier alpha value is -0.580. The summed E-state index contributed by atoms with van der Waals surface area (Å²) < 4.78 is -0.461. The quantitative estimate of drug-likeness (QED) is 0.606. The summed E-state index contributed by atoms with van der Waals surface area (Å²) in [6, 6.07) is 6.95. The van der Waals surface area contributed by atoms with Crippen molar-refractivity contribution in [3.63, 3.8) is 0 Å². The largest absolute Gasteiger partial charge is 0.507 e. The van der Waals surface area contributed by atoms with E-state index in [0.717, 1.165) is 0 Å². The van der Waals surface area contributed by atoms with Crippen molar-refractivity contribution in [1.29, 1.82) is 0 Å². The average molecular weight is 346 g/mol. The van der Waals surface area contributed by atoms with Crippen LogP contribution >= 0.6 is 31.9 Å². The van der Waals surface area contributed by atoms with Crippen LogP contribution in [0, 0.1) is 0 Å². The molecule has 0 saturated heterocycles. The zero-order valence-corrected chi connectivity index (χ0v) is 11.4. The molecule has 0 aromatic heterocycles. The van der Waals surface area contributed by atoms with Gasteiger partial charge in [0.2, 0.25) is 0 Å². The van der Waals surface area contributed by atoms with Gasteiger partial charge in [-0.1, -0.05) is 62.2 Å². The van der Waals surface area contributed by atoms with Crippen molar-refractivity contribution >= 4 is 37.4 Å². The van der Waals surface area contributed by atoms with Crippen LogP contribution in [0.3, 0.4) is 0 Å². The first kappa shape index (κ1) is 11.9. The number of aromatic hydroxyl groups is 1. The first-order chi connectivity index (χ1) is 7.49. The Morgan fingerprint density at radius 2 is 1.88 bits per heavy atom. The molecule has 84 valence electrons. The number of alkyl halides is 2. The maximum absolute atomic E-state index is 9.87. The molecule has 1 aliphatic rings. The number of aliphatic hydroxyl groups excluding tert-OH is 1. The minimum atomic E-state index is -0.698. The van der Waals surface area contributed by atoms with Crippen LogP contribution in [-0.2, 0) is 0 Å². The standard InChI is InChI=1S/C12H10Br2O2/c13-12(14)6-5-11(16)9(7-12)8-3-1-2-4-10(8)15/h1-7,11,15-16H. The van der Waals surface area contributed by atoms with Crippen LogP contribution in [0.4, 0.5) is 0 Å². The van der Waals surface area contributed by atoms with E-state index in [4.69, 9.17) is 0 Å². The van der Waals surface area contributed by atoms with E-state index in [0.29, 0.717) is 11.1 Å². The number of phenolic OH excluding ortho intramolecular Hbond substituents is 1. The molecule has 0 heterocycles. The van der Waals surface area contributed by atoms with E-state index in [1.54, 1.807) is 30.4 Å². The third kappa shape index (κ3) is 2.39. The number of rotatable bonds is 1. The van der Waals surface area contributed by atoms with E-state index in [1.807, 2.05) is 12.1 Å². The predicted octanol–water partition coefficient (Wildman–Crippen LogP) is 3.19. The molecule has 1 aromatic carbocycles. The summed E-state index contributed by atoms with van der Waals surface area (Å²) in [7, 11) is 0. The van der Waals surface area contributed by atoms with Crippen molar-refractivity contribution in [2.75, 3.05) is 0 Å². The molecule has 0 spiro atoms. The molecule has 1 aliphatic carbocycles. The van der Waals surface area contributed by atoms with Crippen LogP contribution in [0.5, 0.6) is 5.75 Å². The lowest BCUT2D eigenvalue weighted by molar-refractivity contribution is 0.278. The zero-order chi connectivity index (χ0) is 11.8. The number of para-hydroxylation sites is 1. The summed E-state index contributed by atoms with van der Waals surface area (Å²) in [6.07, 6.45) is 4.61. The van der Waals surface area contributed by atoms with Gasteiger partial charge in [0, 0.05) is 5.56 Å². The molecule has 0 bridgehead atoms. The van der Waals surface area contributed by atoms with Crippen LogP contribution in [0.25, 0.3) is 5.57 Å². The first-order valence-electron chi connectivity index (χ1n) is 4.76. The highest BCUT2D eigenvalue weighted by Crippen LogP contribution is 2.39. The number of hydrogen-bond donors (Lipinski definition) is 2. The second kappa shape index (κ2) is 4.35. The Kier molecular flexibility index (Phi) is 3.24. The minimum absolute atomic E-state index is 0.166. The number of phenols is 1. The van der Waals surface area contributed by atoms with Crippen molar-refractivity contribution in [3.8, 4) is 5.75 Å². The van der Waals surface area contributed by atoms with E-state index < -0.39 is 9.34 Å². The molecule has 2 nitrogen and oxygen atoms in total. The smallest absolute Gasteiger partial charge is 0.123 e. The maximum atomic E-state index is 9.87. The summed E-state index contributed by atoms with van der Waals surface area (Å²) in [5, 5.41) is 19.6. The van der Waals surface area contributed by atoms with Gasteiger partial charge in [0.05, 0.1) is 6.10 Å². The molecule has 1 unspecified atom stereocenters. The molecule has 16 heavy (non-hydrogen) atoms. The molecular formula is C12H10Br2O2. The molecule has 1 aromatic rings. The van der Waals surface area contributed by atoms with E-state index in [2.05, 4.69) is 31.9 Å². The van der Waals surface area contributed by atoms with Gasteiger partial charge in [-0.25, -0.2) is 0 Å². The maximum Gasteiger partial charge on any atom is 0.123 e. The highest BCUT2D eigenvalue weighted by atomic mass is 79.9. The van der Waals surface area contributed by atoms with Gasteiger partial charge >= 0.3 is 0 Å². The number of allylic oxidation sites excluding steroid dienone is 2. The summed E-state index contributed by atoms with van der Waals surface area (Å²) >= 11 is 6.89.